The molecule has 1 saturated carbocycles. The van der Waals surface area contributed by atoms with Gasteiger partial charge in [-0.1, -0.05) is 18.2 Å². The molecule has 0 radical (unpaired) electrons. The smallest absolute Gasteiger partial charge is 0.307 e. The number of carboxylic acids is 1. The van der Waals surface area contributed by atoms with Crippen molar-refractivity contribution in [1.82, 2.24) is 5.32 Å². The summed E-state index contributed by atoms with van der Waals surface area (Å²) in [4.78, 5) is 36.0. The molecule has 126 valence electrons. The number of aliphatic carboxylic acids is 1. The Hall–Kier alpha value is -2.63. The zero-order valence-electron chi connectivity index (χ0n) is 13.4. The first-order chi connectivity index (χ1) is 11.5. The number of hydrogen-bond acceptors (Lipinski definition) is 3. The highest BCUT2D eigenvalue weighted by atomic mass is 16.4. The first-order valence-corrected chi connectivity index (χ1v) is 8.11. The molecule has 2 bridgehead atoms. The Morgan fingerprint density at radius 3 is 2.54 bits per heavy atom. The minimum absolute atomic E-state index is 0.0253. The molecule has 2 amide bonds. The van der Waals surface area contributed by atoms with Crippen LogP contribution in [0.5, 0.6) is 0 Å². The third-order valence-electron chi connectivity index (χ3n) is 4.78. The van der Waals surface area contributed by atoms with Gasteiger partial charge in [-0.15, -0.1) is 0 Å². The van der Waals surface area contributed by atoms with E-state index in [1.165, 1.54) is 0 Å². The van der Waals surface area contributed by atoms with Gasteiger partial charge in [0.05, 0.1) is 11.8 Å². The fourth-order valence-corrected chi connectivity index (χ4v) is 3.74. The summed E-state index contributed by atoms with van der Waals surface area (Å²) in [5, 5.41) is 14.9. The van der Waals surface area contributed by atoms with E-state index in [4.69, 9.17) is 0 Å². The highest BCUT2D eigenvalue weighted by Crippen LogP contribution is 2.48. The Kier molecular flexibility index (Phi) is 4.38. The van der Waals surface area contributed by atoms with Crippen LogP contribution in [0.1, 0.15) is 23.7 Å². The summed E-state index contributed by atoms with van der Waals surface area (Å²) < 4.78 is 0. The number of hydrogen-bond donors (Lipinski definition) is 3. The van der Waals surface area contributed by atoms with Gasteiger partial charge in [0.25, 0.3) is 5.91 Å². The van der Waals surface area contributed by atoms with E-state index in [0.717, 1.165) is 0 Å². The zero-order chi connectivity index (χ0) is 17.3. The maximum Gasteiger partial charge on any atom is 0.307 e. The van der Waals surface area contributed by atoms with Crippen molar-refractivity contribution >= 4 is 23.5 Å². The maximum atomic E-state index is 12.6. The Morgan fingerprint density at radius 2 is 1.88 bits per heavy atom. The van der Waals surface area contributed by atoms with Crippen LogP contribution in [0.4, 0.5) is 5.69 Å². The quantitative estimate of drug-likeness (QED) is 0.719. The molecule has 2 aliphatic carbocycles. The number of carbonyl (C=O) groups is 3. The van der Waals surface area contributed by atoms with E-state index in [-0.39, 0.29) is 23.7 Å². The molecule has 0 aromatic heterocycles. The lowest BCUT2D eigenvalue weighted by molar-refractivity contribution is -0.146. The third kappa shape index (κ3) is 2.91. The Balaban J connectivity index is 1.75. The highest BCUT2D eigenvalue weighted by molar-refractivity contribution is 5.99. The van der Waals surface area contributed by atoms with E-state index in [2.05, 4.69) is 10.6 Å². The Labute approximate surface area is 139 Å². The van der Waals surface area contributed by atoms with Crippen molar-refractivity contribution < 1.29 is 19.5 Å². The molecule has 3 rings (SSSR count). The fraction of sp³-hybridized carbons (Fsp3) is 0.389. The average Bonchev–Trinajstić information content (AvgIpc) is 3.16. The molecule has 24 heavy (non-hydrogen) atoms. The molecule has 1 aromatic carbocycles. The molecule has 4 atom stereocenters. The molecule has 0 heterocycles. The van der Waals surface area contributed by atoms with Gasteiger partial charge < -0.3 is 15.7 Å². The van der Waals surface area contributed by atoms with Crippen molar-refractivity contribution in [3.63, 3.8) is 0 Å². The van der Waals surface area contributed by atoms with Crippen LogP contribution in [0.2, 0.25) is 0 Å². The van der Waals surface area contributed by atoms with Crippen LogP contribution in [-0.2, 0) is 9.59 Å². The van der Waals surface area contributed by atoms with Crippen LogP contribution in [0.3, 0.4) is 0 Å². The minimum atomic E-state index is -0.928. The average molecular weight is 328 g/mol. The number of nitrogens with one attached hydrogen (secondary N) is 2. The summed E-state index contributed by atoms with van der Waals surface area (Å²) in [5.74, 6) is -2.76. The molecule has 0 saturated heterocycles. The summed E-state index contributed by atoms with van der Waals surface area (Å²) in [6.45, 7) is 2.35. The predicted molar refractivity (Wildman–Crippen MR) is 88.4 cm³/mol. The first-order valence-electron chi connectivity index (χ1n) is 8.11. The lowest BCUT2D eigenvalue weighted by Gasteiger charge is -2.23. The number of carboxylic acid groups (broad SMARTS) is 1. The minimum Gasteiger partial charge on any atom is -0.481 e. The standard InChI is InChI=1S/C18H20N2O4/c1-2-19-16(21)12-4-3-5-13(9-12)20-17(22)14-10-6-7-11(8-10)15(14)18(23)24/h3-7,9-11,14-15H,2,8H2,1H3,(H,19,21)(H,20,22)(H,23,24)/t10-,11-,14+,15+/m0/s1. The molecular weight excluding hydrogens is 308 g/mol. The third-order valence-corrected chi connectivity index (χ3v) is 4.78. The molecule has 6 nitrogen and oxygen atoms in total. The number of anilines is 1. The molecule has 0 unspecified atom stereocenters. The molecule has 1 aromatic rings. The van der Waals surface area contributed by atoms with Gasteiger partial charge in [-0.25, -0.2) is 0 Å². The summed E-state index contributed by atoms with van der Waals surface area (Å²) in [5.41, 5.74) is 0.955. The summed E-state index contributed by atoms with van der Waals surface area (Å²) >= 11 is 0. The van der Waals surface area contributed by atoms with Crippen molar-refractivity contribution in [3.05, 3.63) is 42.0 Å². The maximum absolute atomic E-state index is 12.6. The number of fused-ring (bicyclic) bond motifs is 2. The van der Waals surface area contributed by atoms with E-state index in [1.54, 1.807) is 24.3 Å². The predicted octanol–water partition coefficient (Wildman–Crippen LogP) is 1.90. The van der Waals surface area contributed by atoms with Crippen LogP contribution < -0.4 is 10.6 Å². The van der Waals surface area contributed by atoms with Gasteiger partial charge in [-0.2, -0.15) is 0 Å². The van der Waals surface area contributed by atoms with E-state index in [9.17, 15) is 19.5 Å². The number of rotatable bonds is 5. The molecule has 3 N–H and O–H groups in total. The van der Waals surface area contributed by atoms with Gasteiger partial charge in [0.15, 0.2) is 0 Å². The number of amides is 2. The van der Waals surface area contributed by atoms with Crippen LogP contribution >= 0.6 is 0 Å². The van der Waals surface area contributed by atoms with Gasteiger partial charge in [0.1, 0.15) is 0 Å². The number of allylic oxidation sites excluding steroid dienone is 2. The van der Waals surface area contributed by atoms with Gasteiger partial charge in [-0.3, -0.25) is 14.4 Å². The van der Waals surface area contributed by atoms with Crippen LogP contribution in [0, 0.1) is 23.7 Å². The molecule has 0 aliphatic heterocycles. The van der Waals surface area contributed by atoms with Crippen molar-refractivity contribution in [3.8, 4) is 0 Å². The lowest BCUT2D eigenvalue weighted by atomic mass is 9.82. The van der Waals surface area contributed by atoms with E-state index >= 15 is 0 Å². The summed E-state index contributed by atoms with van der Waals surface area (Å²) in [7, 11) is 0. The van der Waals surface area contributed by atoms with Crippen molar-refractivity contribution in [1.29, 1.82) is 0 Å². The molecular formula is C18H20N2O4. The zero-order valence-corrected chi connectivity index (χ0v) is 13.4. The van der Waals surface area contributed by atoms with Gasteiger partial charge in [0.2, 0.25) is 5.91 Å². The Bertz CT molecular complexity index is 713. The van der Waals surface area contributed by atoms with E-state index < -0.39 is 17.8 Å². The number of benzene rings is 1. The van der Waals surface area contributed by atoms with Gasteiger partial charge in [0, 0.05) is 17.8 Å². The lowest BCUT2D eigenvalue weighted by Crippen LogP contribution is -2.36. The summed E-state index contributed by atoms with van der Waals surface area (Å²) in [6.07, 6.45) is 4.57. The van der Waals surface area contributed by atoms with Crippen molar-refractivity contribution in [2.24, 2.45) is 23.7 Å². The molecule has 0 spiro atoms. The fourth-order valence-electron chi connectivity index (χ4n) is 3.74. The Morgan fingerprint density at radius 1 is 1.17 bits per heavy atom. The van der Waals surface area contributed by atoms with Gasteiger partial charge >= 0.3 is 5.97 Å². The van der Waals surface area contributed by atoms with E-state index in [1.807, 2.05) is 19.1 Å². The van der Waals surface area contributed by atoms with E-state index in [0.29, 0.717) is 24.2 Å². The highest BCUT2D eigenvalue weighted by Gasteiger charge is 2.51. The van der Waals surface area contributed by atoms with Crippen LogP contribution in [0.25, 0.3) is 0 Å². The topological polar surface area (TPSA) is 95.5 Å². The second-order valence-electron chi connectivity index (χ2n) is 6.27. The SMILES string of the molecule is CCNC(=O)c1cccc(NC(=O)[C@H]2[C@H](C(=O)O)[C@H]3C=C[C@H]2C3)c1. The van der Waals surface area contributed by atoms with Crippen molar-refractivity contribution in [2.45, 2.75) is 13.3 Å². The molecule has 6 heteroatoms. The van der Waals surface area contributed by atoms with Gasteiger partial charge in [-0.05, 0) is 43.4 Å². The van der Waals surface area contributed by atoms with Crippen molar-refractivity contribution in [2.75, 3.05) is 11.9 Å². The molecule has 2 aliphatic rings. The second kappa shape index (κ2) is 6.47. The van der Waals surface area contributed by atoms with Crippen LogP contribution in [0.15, 0.2) is 36.4 Å². The second-order valence-corrected chi connectivity index (χ2v) is 6.27. The monoisotopic (exact) mass is 328 g/mol. The summed E-state index contributed by atoms with van der Waals surface area (Å²) in [6, 6.07) is 6.65. The normalized spacial score (nSPS) is 27.0. The first kappa shape index (κ1) is 16.2. The van der Waals surface area contributed by atoms with Crippen LogP contribution in [-0.4, -0.2) is 29.4 Å². The molecule has 1 fully saturated rings. The number of carbonyl (C=O) groups excluding carboxylic acids is 2. The largest absolute Gasteiger partial charge is 0.481 e.